The summed E-state index contributed by atoms with van der Waals surface area (Å²) >= 11 is 0. The predicted molar refractivity (Wildman–Crippen MR) is 111 cm³/mol. The number of rotatable bonds is 5. The van der Waals surface area contributed by atoms with Crippen LogP contribution in [0.3, 0.4) is 0 Å². The van der Waals surface area contributed by atoms with Crippen LogP contribution in [0.15, 0.2) is 54.6 Å². The number of carbonyl (C=O) groups is 1. The summed E-state index contributed by atoms with van der Waals surface area (Å²) in [4.78, 5) is 12.1. The van der Waals surface area contributed by atoms with Crippen LogP contribution in [0, 0.1) is 0 Å². The number of hydrogen-bond donors (Lipinski definition) is 3. The maximum Gasteiger partial charge on any atom is 0.254 e. The molecule has 1 fully saturated rings. The molecule has 5 N–H and O–H groups in total. The molecule has 6 heteroatoms. The summed E-state index contributed by atoms with van der Waals surface area (Å²) < 4.78 is 1.76. The topological polar surface area (TPSA) is 99.0 Å². The van der Waals surface area contributed by atoms with Gasteiger partial charge in [0.25, 0.3) is 5.91 Å². The lowest BCUT2D eigenvalue weighted by molar-refractivity contribution is 0.100. The lowest BCUT2D eigenvalue weighted by Crippen LogP contribution is -2.32. The molecule has 1 aromatic heterocycles. The highest BCUT2D eigenvalue weighted by Crippen LogP contribution is 2.31. The minimum Gasteiger partial charge on any atom is -0.383 e. The Morgan fingerprint density at radius 3 is 2.46 bits per heavy atom. The lowest BCUT2D eigenvalue weighted by atomic mass is 10.0. The average molecular weight is 375 g/mol. The van der Waals surface area contributed by atoms with Crippen molar-refractivity contribution in [2.24, 2.45) is 5.73 Å². The number of primary amides is 1. The van der Waals surface area contributed by atoms with Crippen LogP contribution in [-0.2, 0) is 6.42 Å². The van der Waals surface area contributed by atoms with E-state index in [0.717, 1.165) is 37.9 Å². The number of aromatic nitrogens is 2. The smallest absolute Gasteiger partial charge is 0.254 e. The van der Waals surface area contributed by atoms with Crippen molar-refractivity contribution >= 4 is 11.7 Å². The van der Waals surface area contributed by atoms with Crippen molar-refractivity contribution in [3.05, 3.63) is 71.3 Å². The first-order valence-corrected chi connectivity index (χ1v) is 9.65. The molecule has 2 aromatic carbocycles. The molecule has 0 spiro atoms. The first kappa shape index (κ1) is 18.3. The van der Waals surface area contributed by atoms with E-state index in [-0.39, 0.29) is 6.04 Å². The Morgan fingerprint density at radius 1 is 1.11 bits per heavy atom. The highest BCUT2D eigenvalue weighted by atomic mass is 16.1. The second-order valence-electron chi connectivity index (χ2n) is 7.28. The number of hydrogen-bond acceptors (Lipinski definition) is 4. The van der Waals surface area contributed by atoms with Gasteiger partial charge < -0.3 is 16.8 Å². The van der Waals surface area contributed by atoms with E-state index in [1.165, 1.54) is 11.1 Å². The summed E-state index contributed by atoms with van der Waals surface area (Å²) in [7, 11) is 0. The second kappa shape index (κ2) is 7.86. The molecule has 4 rings (SSSR count). The fourth-order valence-electron chi connectivity index (χ4n) is 3.83. The first-order chi connectivity index (χ1) is 13.6. The Morgan fingerprint density at radius 2 is 1.82 bits per heavy atom. The van der Waals surface area contributed by atoms with Crippen LogP contribution in [0.2, 0.25) is 0 Å². The van der Waals surface area contributed by atoms with Crippen LogP contribution < -0.4 is 16.8 Å². The third-order valence-electron chi connectivity index (χ3n) is 5.29. The van der Waals surface area contributed by atoms with E-state index in [1.54, 1.807) is 4.68 Å². The van der Waals surface area contributed by atoms with E-state index in [9.17, 15) is 4.79 Å². The van der Waals surface area contributed by atoms with E-state index in [0.29, 0.717) is 17.1 Å². The molecule has 1 aliphatic heterocycles. The molecular formula is C22H25N5O. The number of amides is 1. The number of nitrogens with zero attached hydrogens (tertiary/aromatic N) is 2. The van der Waals surface area contributed by atoms with Gasteiger partial charge >= 0.3 is 0 Å². The Bertz CT molecular complexity index is 957. The Labute approximate surface area is 164 Å². The van der Waals surface area contributed by atoms with Crippen LogP contribution in [0.1, 0.15) is 40.4 Å². The fourth-order valence-corrected chi connectivity index (χ4v) is 3.83. The molecule has 0 aliphatic carbocycles. The molecule has 1 amide bonds. The first-order valence-electron chi connectivity index (χ1n) is 9.65. The van der Waals surface area contributed by atoms with E-state index in [2.05, 4.69) is 34.7 Å². The summed E-state index contributed by atoms with van der Waals surface area (Å²) in [5.41, 5.74) is 16.1. The van der Waals surface area contributed by atoms with E-state index >= 15 is 0 Å². The van der Waals surface area contributed by atoms with Crippen LogP contribution in [0.4, 0.5) is 5.82 Å². The summed E-state index contributed by atoms with van der Waals surface area (Å²) in [6.07, 6.45) is 2.89. The molecule has 0 saturated carbocycles. The number of piperidine rings is 1. The number of nitrogens with two attached hydrogens (primary N) is 2. The maximum atomic E-state index is 12.1. The minimum atomic E-state index is -0.545. The van der Waals surface area contributed by atoms with Crippen molar-refractivity contribution in [3.8, 4) is 11.3 Å². The molecule has 6 nitrogen and oxygen atoms in total. The van der Waals surface area contributed by atoms with Crippen molar-refractivity contribution in [1.82, 2.24) is 15.1 Å². The van der Waals surface area contributed by atoms with Crippen molar-refractivity contribution < 1.29 is 4.79 Å². The van der Waals surface area contributed by atoms with Gasteiger partial charge in [-0.1, -0.05) is 54.6 Å². The van der Waals surface area contributed by atoms with Crippen LogP contribution >= 0.6 is 0 Å². The summed E-state index contributed by atoms with van der Waals surface area (Å²) in [6.45, 7) is 1.79. The summed E-state index contributed by atoms with van der Waals surface area (Å²) in [5, 5.41) is 8.05. The molecule has 1 saturated heterocycles. The lowest BCUT2D eigenvalue weighted by Gasteiger charge is -2.23. The zero-order valence-corrected chi connectivity index (χ0v) is 15.8. The van der Waals surface area contributed by atoms with E-state index in [1.807, 2.05) is 30.3 Å². The fraction of sp³-hybridized carbons (Fsp3) is 0.273. The zero-order chi connectivity index (χ0) is 19.5. The number of anilines is 1. The normalized spacial score (nSPS) is 16.8. The number of nitrogen functional groups attached to an aromatic ring is 1. The molecule has 2 heterocycles. The van der Waals surface area contributed by atoms with Crippen molar-refractivity contribution in [3.63, 3.8) is 0 Å². The molecular weight excluding hydrogens is 350 g/mol. The molecule has 1 aliphatic rings. The standard InChI is InChI=1S/C22H25N5O/c23-21-19(22(24)28)20(26-27(21)18-7-4-12-25-14-18)17-10-8-16(9-11-17)13-15-5-2-1-3-6-15/h1-3,5-6,8-11,18,25H,4,7,12-14,23H2,(H2,24,28). The van der Waals surface area contributed by atoms with E-state index < -0.39 is 5.91 Å². The molecule has 0 bridgehead atoms. The van der Waals surface area contributed by atoms with Crippen LogP contribution in [-0.4, -0.2) is 28.8 Å². The third kappa shape index (κ3) is 3.64. The van der Waals surface area contributed by atoms with Gasteiger partial charge in [-0.25, -0.2) is 4.68 Å². The number of carbonyl (C=O) groups excluding carboxylic acids is 1. The Hall–Kier alpha value is -3.12. The molecule has 0 radical (unpaired) electrons. The monoisotopic (exact) mass is 375 g/mol. The molecule has 28 heavy (non-hydrogen) atoms. The van der Waals surface area contributed by atoms with Gasteiger partial charge in [-0.15, -0.1) is 0 Å². The van der Waals surface area contributed by atoms with Gasteiger partial charge in [-0.2, -0.15) is 5.10 Å². The van der Waals surface area contributed by atoms with Crippen LogP contribution in [0.25, 0.3) is 11.3 Å². The average Bonchev–Trinajstić information content (AvgIpc) is 3.07. The Kier molecular flexibility index (Phi) is 5.12. The maximum absolute atomic E-state index is 12.1. The van der Waals surface area contributed by atoms with Gasteiger partial charge in [0.15, 0.2) is 0 Å². The SMILES string of the molecule is NC(=O)c1c(-c2ccc(Cc3ccccc3)cc2)nn(C2CCCNC2)c1N. The van der Waals surface area contributed by atoms with Gasteiger partial charge in [-0.3, -0.25) is 4.79 Å². The summed E-state index contributed by atoms with van der Waals surface area (Å²) in [5.74, 6) is -0.194. The Balaban J connectivity index is 1.65. The molecule has 1 atom stereocenters. The minimum absolute atomic E-state index is 0.137. The quantitative estimate of drug-likeness (QED) is 0.638. The highest BCUT2D eigenvalue weighted by Gasteiger charge is 2.26. The summed E-state index contributed by atoms with van der Waals surface area (Å²) in [6, 6.07) is 18.5. The van der Waals surface area contributed by atoms with E-state index in [4.69, 9.17) is 11.5 Å². The van der Waals surface area contributed by atoms with Gasteiger partial charge in [0.05, 0.1) is 6.04 Å². The number of nitrogens with one attached hydrogen (secondary N) is 1. The van der Waals surface area contributed by atoms with Crippen molar-refractivity contribution in [2.45, 2.75) is 25.3 Å². The second-order valence-corrected chi connectivity index (χ2v) is 7.28. The van der Waals surface area contributed by atoms with Gasteiger partial charge in [-0.05, 0) is 36.9 Å². The zero-order valence-electron chi connectivity index (χ0n) is 15.8. The number of benzene rings is 2. The largest absolute Gasteiger partial charge is 0.383 e. The highest BCUT2D eigenvalue weighted by molar-refractivity contribution is 6.03. The van der Waals surface area contributed by atoms with Gasteiger partial charge in [0.1, 0.15) is 17.1 Å². The predicted octanol–water partition coefficient (Wildman–Crippen LogP) is 2.75. The third-order valence-corrected chi connectivity index (χ3v) is 5.29. The van der Waals surface area contributed by atoms with Gasteiger partial charge in [0.2, 0.25) is 0 Å². The van der Waals surface area contributed by atoms with Crippen LogP contribution in [0.5, 0.6) is 0 Å². The van der Waals surface area contributed by atoms with Gasteiger partial charge in [0, 0.05) is 12.1 Å². The van der Waals surface area contributed by atoms with Crippen molar-refractivity contribution in [2.75, 3.05) is 18.8 Å². The molecule has 3 aromatic rings. The van der Waals surface area contributed by atoms with Crippen molar-refractivity contribution in [1.29, 1.82) is 0 Å². The molecule has 1 unspecified atom stereocenters. The molecule has 144 valence electrons.